The highest BCUT2D eigenvalue weighted by Crippen LogP contribution is 2.28. The second kappa shape index (κ2) is 9.41. The minimum atomic E-state index is -0.730. The van der Waals surface area contributed by atoms with E-state index < -0.39 is 6.10 Å². The van der Waals surface area contributed by atoms with Crippen molar-refractivity contribution >= 4 is 45.6 Å². The molecule has 3 atom stereocenters. The molecule has 2 heterocycles. The molecule has 1 saturated heterocycles. The Morgan fingerprint density at radius 3 is 2.79 bits per heavy atom. The number of ether oxygens (including phenoxy) is 2. The van der Waals surface area contributed by atoms with Crippen LogP contribution in [0.3, 0.4) is 0 Å². The van der Waals surface area contributed by atoms with Crippen LogP contribution in [-0.2, 0) is 16.1 Å². The lowest BCUT2D eigenvalue weighted by Crippen LogP contribution is -2.44. The van der Waals surface area contributed by atoms with Crippen LogP contribution in [0.1, 0.15) is 26.5 Å². The molecule has 2 aromatic rings. The lowest BCUT2D eigenvalue weighted by molar-refractivity contribution is -0.122. The molecule has 28 heavy (non-hydrogen) atoms. The molecule has 1 fully saturated rings. The third-order valence-electron chi connectivity index (χ3n) is 4.23. The number of nitrogens with one attached hydrogen (secondary N) is 1. The van der Waals surface area contributed by atoms with Gasteiger partial charge in [0.1, 0.15) is 5.75 Å². The second-order valence-electron chi connectivity index (χ2n) is 6.92. The summed E-state index contributed by atoms with van der Waals surface area (Å²) in [6.07, 6.45) is -0.314. The Hall–Kier alpha value is -1.38. The number of hydrogen-bond acceptors (Lipinski definition) is 6. The average molecular weight is 444 g/mol. The minimum Gasteiger partial charge on any atom is -0.479 e. The zero-order chi connectivity index (χ0) is 20.3. The summed E-state index contributed by atoms with van der Waals surface area (Å²) in [5.74, 6) is 0.115. The van der Waals surface area contributed by atoms with Crippen molar-refractivity contribution in [2.45, 2.75) is 45.6 Å². The molecule has 0 bridgehead atoms. The highest BCUT2D eigenvalue weighted by molar-refractivity contribution is 7.13. The van der Waals surface area contributed by atoms with Crippen molar-refractivity contribution in [3.8, 4) is 5.75 Å². The van der Waals surface area contributed by atoms with Gasteiger partial charge < -0.3 is 9.47 Å². The van der Waals surface area contributed by atoms with Crippen LogP contribution in [0, 0.1) is 0 Å². The Morgan fingerprint density at radius 2 is 2.11 bits per heavy atom. The number of aromatic nitrogens is 1. The minimum absolute atomic E-state index is 0.208. The number of anilines is 1. The fraction of sp³-hybridized carbons (Fsp3) is 0.474. The van der Waals surface area contributed by atoms with Crippen molar-refractivity contribution in [1.82, 2.24) is 9.88 Å². The molecule has 152 valence electrons. The molecule has 1 amide bonds. The summed E-state index contributed by atoms with van der Waals surface area (Å²) in [5.41, 5.74) is 0.927. The van der Waals surface area contributed by atoms with Crippen molar-refractivity contribution in [2.75, 3.05) is 18.4 Å². The Bertz CT molecular complexity index is 823. The van der Waals surface area contributed by atoms with Crippen LogP contribution in [-0.4, -0.2) is 47.2 Å². The summed E-state index contributed by atoms with van der Waals surface area (Å²) in [6, 6.07) is 4.87. The maximum atomic E-state index is 12.4. The molecule has 1 aliphatic heterocycles. The van der Waals surface area contributed by atoms with Gasteiger partial charge in [0, 0.05) is 30.0 Å². The Balaban J connectivity index is 1.54. The molecule has 1 aromatic carbocycles. The first-order valence-corrected chi connectivity index (χ1v) is 10.7. The van der Waals surface area contributed by atoms with Crippen LogP contribution in [0.2, 0.25) is 10.0 Å². The van der Waals surface area contributed by atoms with Crippen molar-refractivity contribution in [2.24, 2.45) is 0 Å². The quantitative estimate of drug-likeness (QED) is 0.713. The van der Waals surface area contributed by atoms with Crippen LogP contribution < -0.4 is 10.1 Å². The molecule has 3 rings (SSSR count). The van der Waals surface area contributed by atoms with E-state index in [2.05, 4.69) is 29.0 Å². The van der Waals surface area contributed by atoms with Gasteiger partial charge in [-0.3, -0.25) is 15.0 Å². The maximum Gasteiger partial charge on any atom is 0.266 e. The first kappa shape index (κ1) is 21.3. The number of thiazole rings is 1. The van der Waals surface area contributed by atoms with Gasteiger partial charge in [-0.05, 0) is 39.0 Å². The van der Waals surface area contributed by atoms with Gasteiger partial charge in [0.25, 0.3) is 5.91 Å². The molecule has 0 spiro atoms. The number of morpholine rings is 1. The zero-order valence-electron chi connectivity index (χ0n) is 15.9. The van der Waals surface area contributed by atoms with Gasteiger partial charge in [-0.1, -0.05) is 23.2 Å². The van der Waals surface area contributed by atoms with E-state index in [1.54, 1.807) is 25.1 Å². The molecular formula is C19H23Cl2N3O3S. The van der Waals surface area contributed by atoms with Crippen LogP contribution in [0.25, 0.3) is 0 Å². The van der Waals surface area contributed by atoms with Gasteiger partial charge in [-0.25, -0.2) is 4.98 Å². The van der Waals surface area contributed by atoms with Crippen molar-refractivity contribution in [3.05, 3.63) is 39.3 Å². The normalized spacial score (nSPS) is 21.3. The third-order valence-corrected chi connectivity index (χ3v) is 5.57. The maximum absolute atomic E-state index is 12.4. The standard InChI is InChI=1S/C19H23Cl2N3O3S/c1-11-7-24(8-12(2)26-11)9-15-10-28-19(22-15)23-18(25)13(3)27-17-5-4-14(20)6-16(17)21/h4-6,10-13H,7-9H2,1-3H3,(H,22,23,25)/t11-,12-,13-/m1/s1. The molecule has 0 saturated carbocycles. The first-order chi connectivity index (χ1) is 13.3. The van der Waals surface area contributed by atoms with Gasteiger partial charge in [0.15, 0.2) is 11.2 Å². The second-order valence-corrected chi connectivity index (χ2v) is 8.62. The van der Waals surface area contributed by atoms with Crippen molar-refractivity contribution in [1.29, 1.82) is 0 Å². The summed E-state index contributed by atoms with van der Waals surface area (Å²) in [4.78, 5) is 19.2. The van der Waals surface area contributed by atoms with Gasteiger partial charge in [0.2, 0.25) is 0 Å². The lowest BCUT2D eigenvalue weighted by Gasteiger charge is -2.34. The molecule has 6 nitrogen and oxygen atoms in total. The summed E-state index contributed by atoms with van der Waals surface area (Å²) in [6.45, 7) is 8.28. The van der Waals surface area contributed by atoms with Crippen LogP contribution in [0.5, 0.6) is 5.75 Å². The number of carbonyl (C=O) groups excluding carboxylic acids is 1. The molecular weight excluding hydrogens is 421 g/mol. The SMILES string of the molecule is C[C@@H]1CN(Cc2csc(NC(=O)[C@@H](C)Oc3ccc(Cl)cc3Cl)n2)C[C@@H](C)O1. The van der Waals surface area contributed by atoms with E-state index in [1.165, 1.54) is 11.3 Å². The smallest absolute Gasteiger partial charge is 0.266 e. The molecule has 1 aliphatic rings. The Labute approximate surface area is 178 Å². The first-order valence-electron chi connectivity index (χ1n) is 9.05. The third kappa shape index (κ3) is 5.81. The number of amides is 1. The van der Waals surface area contributed by atoms with Gasteiger partial charge in [-0.15, -0.1) is 11.3 Å². The van der Waals surface area contributed by atoms with Crippen LogP contribution >= 0.6 is 34.5 Å². The van der Waals surface area contributed by atoms with E-state index >= 15 is 0 Å². The predicted molar refractivity (Wildman–Crippen MR) is 113 cm³/mol. The molecule has 0 radical (unpaired) electrons. The molecule has 9 heteroatoms. The number of nitrogens with zero attached hydrogens (tertiary/aromatic N) is 2. The van der Waals surface area contributed by atoms with Gasteiger partial charge in [-0.2, -0.15) is 0 Å². The number of rotatable bonds is 6. The number of carbonyl (C=O) groups is 1. The van der Waals surface area contributed by atoms with E-state index in [9.17, 15) is 4.79 Å². The summed E-state index contributed by atoms with van der Waals surface area (Å²) < 4.78 is 11.4. The topological polar surface area (TPSA) is 63.7 Å². The largest absolute Gasteiger partial charge is 0.479 e. The van der Waals surface area contributed by atoms with E-state index in [4.69, 9.17) is 32.7 Å². The zero-order valence-corrected chi connectivity index (χ0v) is 18.3. The van der Waals surface area contributed by atoms with Crippen LogP contribution in [0.15, 0.2) is 23.6 Å². The highest BCUT2D eigenvalue weighted by atomic mass is 35.5. The summed E-state index contributed by atoms with van der Waals surface area (Å²) in [7, 11) is 0. The van der Waals surface area contributed by atoms with Crippen molar-refractivity contribution in [3.63, 3.8) is 0 Å². The number of halogens is 2. The van der Waals surface area contributed by atoms with E-state index in [0.717, 1.165) is 25.3 Å². The number of benzene rings is 1. The molecule has 1 aromatic heterocycles. The van der Waals surface area contributed by atoms with E-state index in [0.29, 0.717) is 20.9 Å². The fourth-order valence-corrected chi connectivity index (χ4v) is 4.26. The summed E-state index contributed by atoms with van der Waals surface area (Å²) in [5, 5.41) is 6.17. The molecule has 0 aliphatic carbocycles. The van der Waals surface area contributed by atoms with E-state index in [-0.39, 0.29) is 18.1 Å². The highest BCUT2D eigenvalue weighted by Gasteiger charge is 2.23. The van der Waals surface area contributed by atoms with Crippen LogP contribution in [0.4, 0.5) is 5.13 Å². The summed E-state index contributed by atoms with van der Waals surface area (Å²) >= 11 is 13.4. The fourth-order valence-electron chi connectivity index (χ4n) is 3.10. The Morgan fingerprint density at radius 1 is 1.39 bits per heavy atom. The monoisotopic (exact) mass is 443 g/mol. The Kier molecular flexibility index (Phi) is 7.17. The van der Waals surface area contributed by atoms with Gasteiger partial charge in [0.05, 0.1) is 22.9 Å². The lowest BCUT2D eigenvalue weighted by atomic mass is 10.2. The van der Waals surface area contributed by atoms with Gasteiger partial charge >= 0.3 is 0 Å². The predicted octanol–water partition coefficient (Wildman–Crippen LogP) is 4.47. The molecule has 1 N–H and O–H groups in total. The average Bonchev–Trinajstić information content (AvgIpc) is 3.03. The molecule has 0 unspecified atom stereocenters. The van der Waals surface area contributed by atoms with Crippen molar-refractivity contribution < 1.29 is 14.3 Å². The number of hydrogen-bond donors (Lipinski definition) is 1. The van der Waals surface area contributed by atoms with E-state index in [1.807, 2.05) is 5.38 Å².